The highest BCUT2D eigenvalue weighted by Gasteiger charge is 2.20. The van der Waals surface area contributed by atoms with Gasteiger partial charge in [-0.3, -0.25) is 0 Å². The van der Waals surface area contributed by atoms with Crippen LogP contribution in [0.5, 0.6) is 0 Å². The maximum absolute atomic E-state index is 11.5. The van der Waals surface area contributed by atoms with Crippen molar-refractivity contribution in [2.45, 2.75) is 0 Å². The predicted octanol–water partition coefficient (Wildman–Crippen LogP) is 4.84. The summed E-state index contributed by atoms with van der Waals surface area (Å²) in [5, 5.41) is 20.8. The van der Waals surface area contributed by atoms with Gasteiger partial charge in [0.25, 0.3) is 0 Å². The summed E-state index contributed by atoms with van der Waals surface area (Å²) in [7, 11) is 1.63. The third-order valence-corrected chi connectivity index (χ3v) is 4.75. The molecule has 0 saturated heterocycles. The SMILES string of the molecule is CS/C=C\C(=C\c1ccc(-c2c(C#N)cn(C)c2C(=O)O)cc1)SC. The van der Waals surface area contributed by atoms with Gasteiger partial charge in [-0.15, -0.1) is 23.5 Å². The molecule has 0 saturated carbocycles. The van der Waals surface area contributed by atoms with Crippen molar-refractivity contribution >= 4 is 35.6 Å². The molecule has 0 amide bonds. The monoisotopic (exact) mass is 370 g/mol. The Morgan fingerprint density at radius 3 is 2.48 bits per heavy atom. The Labute approximate surface area is 155 Å². The smallest absolute Gasteiger partial charge is 0.353 e. The van der Waals surface area contributed by atoms with Gasteiger partial charge in [0.2, 0.25) is 0 Å². The number of allylic oxidation sites excluding steroid dienone is 1. The summed E-state index contributed by atoms with van der Waals surface area (Å²) in [4.78, 5) is 12.7. The third-order valence-electron chi connectivity index (χ3n) is 3.62. The third kappa shape index (κ3) is 4.38. The van der Waals surface area contributed by atoms with Crippen LogP contribution < -0.4 is 0 Å². The minimum atomic E-state index is -1.05. The van der Waals surface area contributed by atoms with Gasteiger partial charge in [-0.1, -0.05) is 24.3 Å². The lowest BCUT2D eigenvalue weighted by molar-refractivity contribution is 0.0687. The van der Waals surface area contributed by atoms with E-state index in [1.54, 1.807) is 36.8 Å². The van der Waals surface area contributed by atoms with E-state index in [9.17, 15) is 15.2 Å². The van der Waals surface area contributed by atoms with Crippen molar-refractivity contribution in [2.75, 3.05) is 12.5 Å². The molecule has 1 aromatic carbocycles. The largest absolute Gasteiger partial charge is 0.477 e. The molecule has 6 heteroatoms. The number of aromatic carboxylic acids is 1. The van der Waals surface area contributed by atoms with Crippen molar-refractivity contribution in [3.05, 3.63) is 63.7 Å². The molecule has 4 nitrogen and oxygen atoms in total. The molecule has 0 aliphatic rings. The lowest BCUT2D eigenvalue weighted by Crippen LogP contribution is -2.05. The van der Waals surface area contributed by atoms with Gasteiger partial charge in [-0.25, -0.2) is 4.79 Å². The quantitative estimate of drug-likeness (QED) is 0.737. The van der Waals surface area contributed by atoms with Crippen LogP contribution in [0.25, 0.3) is 17.2 Å². The molecule has 25 heavy (non-hydrogen) atoms. The fraction of sp³-hybridized carbons (Fsp3) is 0.158. The number of aromatic nitrogens is 1. The summed E-state index contributed by atoms with van der Waals surface area (Å²) in [6.07, 6.45) is 9.70. The zero-order chi connectivity index (χ0) is 18.4. The number of carboxylic acids is 1. The molecule has 0 radical (unpaired) electrons. The Hall–Kier alpha value is -2.36. The van der Waals surface area contributed by atoms with E-state index < -0.39 is 5.97 Å². The van der Waals surface area contributed by atoms with Crippen molar-refractivity contribution in [2.24, 2.45) is 7.05 Å². The second-order valence-electron chi connectivity index (χ2n) is 5.21. The van der Waals surface area contributed by atoms with Crippen molar-refractivity contribution in [3.63, 3.8) is 0 Å². The van der Waals surface area contributed by atoms with Crippen LogP contribution in [-0.4, -0.2) is 28.2 Å². The molecule has 128 valence electrons. The van der Waals surface area contributed by atoms with E-state index in [-0.39, 0.29) is 5.69 Å². The van der Waals surface area contributed by atoms with Gasteiger partial charge >= 0.3 is 5.97 Å². The second-order valence-corrected chi connectivity index (χ2v) is 6.83. The standard InChI is InChI=1S/C19H18N2O2S2/c1-21-12-15(11-20)17(18(21)19(22)23)14-6-4-13(5-7-14)10-16(25-3)8-9-24-2/h4-10,12H,1-3H3,(H,22,23)/b9-8-,16-10-. The van der Waals surface area contributed by atoms with Gasteiger partial charge in [0.05, 0.1) is 5.56 Å². The van der Waals surface area contributed by atoms with Crippen LogP contribution in [0.4, 0.5) is 0 Å². The molecule has 1 heterocycles. The highest BCUT2D eigenvalue weighted by atomic mass is 32.2. The van der Waals surface area contributed by atoms with Crippen LogP contribution in [0, 0.1) is 11.3 Å². The molecule has 0 bridgehead atoms. The maximum Gasteiger partial charge on any atom is 0.353 e. The number of nitrogens with zero attached hydrogens (tertiary/aromatic N) is 2. The maximum atomic E-state index is 11.5. The average molecular weight is 370 g/mol. The lowest BCUT2D eigenvalue weighted by atomic mass is 10.0. The number of carbonyl (C=O) groups is 1. The summed E-state index contributed by atoms with van der Waals surface area (Å²) in [6.45, 7) is 0. The normalized spacial score (nSPS) is 11.7. The molecule has 0 aliphatic carbocycles. The van der Waals surface area contributed by atoms with Gasteiger partial charge in [-0.2, -0.15) is 5.26 Å². The number of hydrogen-bond donors (Lipinski definition) is 1. The molecule has 1 N–H and O–H groups in total. The Bertz CT molecular complexity index is 872. The lowest BCUT2D eigenvalue weighted by Gasteiger charge is -2.05. The Morgan fingerprint density at radius 2 is 1.96 bits per heavy atom. The summed E-state index contributed by atoms with van der Waals surface area (Å²) in [5.74, 6) is -1.05. The fourth-order valence-electron chi connectivity index (χ4n) is 2.48. The highest BCUT2D eigenvalue weighted by Crippen LogP contribution is 2.30. The number of hydrogen-bond acceptors (Lipinski definition) is 4. The van der Waals surface area contributed by atoms with Crippen molar-refractivity contribution in [1.29, 1.82) is 5.26 Å². The first-order chi connectivity index (χ1) is 12.0. The summed E-state index contributed by atoms with van der Waals surface area (Å²) in [6, 6.07) is 9.64. The van der Waals surface area contributed by atoms with E-state index in [2.05, 4.69) is 18.2 Å². The molecular weight excluding hydrogens is 352 g/mol. The Balaban J connectivity index is 2.45. The van der Waals surface area contributed by atoms with Gasteiger partial charge in [0.15, 0.2) is 0 Å². The number of thioether (sulfide) groups is 2. The van der Waals surface area contributed by atoms with Gasteiger partial charge in [0, 0.05) is 23.7 Å². The van der Waals surface area contributed by atoms with E-state index in [4.69, 9.17) is 0 Å². The van der Waals surface area contributed by atoms with Gasteiger partial charge < -0.3 is 9.67 Å². The molecule has 2 rings (SSSR count). The van der Waals surface area contributed by atoms with Crippen molar-refractivity contribution in [1.82, 2.24) is 4.57 Å². The molecular formula is C19H18N2O2S2. The first kappa shape index (κ1) is 19.0. The second kappa shape index (κ2) is 8.65. The van der Waals surface area contributed by atoms with Crippen LogP contribution in [0.2, 0.25) is 0 Å². The van der Waals surface area contributed by atoms with Crippen LogP contribution in [0.15, 0.2) is 46.9 Å². The number of aryl methyl sites for hydroxylation is 1. The Kier molecular flexibility index (Phi) is 6.57. The van der Waals surface area contributed by atoms with E-state index in [0.29, 0.717) is 11.1 Å². The summed E-state index contributed by atoms with van der Waals surface area (Å²) < 4.78 is 1.48. The molecule has 0 spiro atoms. The zero-order valence-corrected chi connectivity index (χ0v) is 15.8. The molecule has 0 atom stereocenters. The van der Waals surface area contributed by atoms with Crippen LogP contribution in [-0.2, 0) is 7.05 Å². The topological polar surface area (TPSA) is 66.0 Å². The van der Waals surface area contributed by atoms with Crippen LogP contribution in [0.1, 0.15) is 21.6 Å². The summed E-state index contributed by atoms with van der Waals surface area (Å²) in [5.41, 5.74) is 2.67. The first-order valence-electron chi connectivity index (χ1n) is 7.40. The number of carboxylic acid groups (broad SMARTS) is 1. The molecule has 0 aliphatic heterocycles. The van der Waals surface area contributed by atoms with Crippen LogP contribution >= 0.6 is 23.5 Å². The van der Waals surface area contributed by atoms with Gasteiger partial charge in [-0.05, 0) is 41.2 Å². The fourth-order valence-corrected chi connectivity index (χ4v) is 3.31. The van der Waals surface area contributed by atoms with Crippen LogP contribution in [0.3, 0.4) is 0 Å². The van der Waals surface area contributed by atoms with Gasteiger partial charge in [0.1, 0.15) is 11.8 Å². The van der Waals surface area contributed by atoms with Crippen molar-refractivity contribution in [3.8, 4) is 17.2 Å². The Morgan fingerprint density at radius 1 is 1.28 bits per heavy atom. The highest BCUT2D eigenvalue weighted by molar-refractivity contribution is 8.03. The number of rotatable bonds is 6. The number of nitriles is 1. The number of benzene rings is 1. The average Bonchev–Trinajstić information content (AvgIpc) is 2.95. The minimum absolute atomic E-state index is 0.118. The van der Waals surface area contributed by atoms with E-state index in [0.717, 1.165) is 16.0 Å². The minimum Gasteiger partial charge on any atom is -0.477 e. The molecule has 1 aromatic heterocycles. The predicted molar refractivity (Wildman–Crippen MR) is 107 cm³/mol. The molecule has 0 fully saturated rings. The van der Waals surface area contributed by atoms with E-state index in [1.807, 2.05) is 42.2 Å². The molecule has 0 unspecified atom stereocenters. The van der Waals surface area contributed by atoms with E-state index >= 15 is 0 Å². The van der Waals surface area contributed by atoms with Crippen molar-refractivity contribution < 1.29 is 9.90 Å². The zero-order valence-electron chi connectivity index (χ0n) is 14.2. The summed E-state index contributed by atoms with van der Waals surface area (Å²) >= 11 is 3.30. The first-order valence-corrected chi connectivity index (χ1v) is 9.91. The van der Waals surface area contributed by atoms with E-state index in [1.165, 1.54) is 4.57 Å². The molecule has 2 aromatic rings.